The number of fused-ring (bicyclic) bond motifs is 1. The molecule has 1 aliphatic rings. The number of nitrogens with zero attached hydrogens (tertiary/aromatic N) is 6. The zero-order chi connectivity index (χ0) is 22.1. The summed E-state index contributed by atoms with van der Waals surface area (Å²) in [7, 11) is 1.65. The molecular formula is C22H20ClN7O2. The summed E-state index contributed by atoms with van der Waals surface area (Å²) < 4.78 is 6.75. The molecule has 162 valence electrons. The Balaban J connectivity index is 1.49. The van der Waals surface area contributed by atoms with E-state index < -0.39 is 0 Å². The van der Waals surface area contributed by atoms with Gasteiger partial charge in [-0.1, -0.05) is 23.7 Å². The molecule has 3 aromatic heterocycles. The number of ether oxygens (including phenoxy) is 1. The Labute approximate surface area is 189 Å². The lowest BCUT2D eigenvalue weighted by molar-refractivity contribution is 0.102. The standard InChI is InChI=1S/C22H20ClN7O2/c1-32-16-6-2-14(3-7-16)12-29(15-4-5-15)17-10-19(23)28-30-18(11-25-21(17)30)22(31)27-20-8-9-24-13-26-20/h2-3,6-11,13,15H,4-5,12H2,1H3,(H,24,26,27,31). The molecule has 1 N–H and O–H groups in total. The number of hydrogen-bond donors (Lipinski definition) is 1. The first-order chi connectivity index (χ1) is 15.6. The van der Waals surface area contributed by atoms with Crippen molar-refractivity contribution in [2.45, 2.75) is 25.4 Å². The first-order valence-electron chi connectivity index (χ1n) is 10.1. The second-order valence-electron chi connectivity index (χ2n) is 7.49. The monoisotopic (exact) mass is 449 g/mol. The molecular weight excluding hydrogens is 430 g/mol. The first kappa shape index (κ1) is 20.2. The van der Waals surface area contributed by atoms with Gasteiger partial charge in [0.2, 0.25) is 0 Å². The van der Waals surface area contributed by atoms with Crippen LogP contribution < -0.4 is 15.0 Å². The van der Waals surface area contributed by atoms with Crippen LogP contribution >= 0.6 is 11.6 Å². The fraction of sp³-hybridized carbons (Fsp3) is 0.227. The minimum Gasteiger partial charge on any atom is -0.497 e. The third-order valence-corrected chi connectivity index (χ3v) is 5.47. The summed E-state index contributed by atoms with van der Waals surface area (Å²) in [5, 5.41) is 7.34. The highest BCUT2D eigenvalue weighted by atomic mass is 35.5. The van der Waals surface area contributed by atoms with Crippen LogP contribution in [0.5, 0.6) is 5.75 Å². The molecule has 4 aromatic rings. The lowest BCUT2D eigenvalue weighted by Gasteiger charge is -2.25. The lowest BCUT2D eigenvalue weighted by atomic mass is 10.2. The Kier molecular flexibility index (Phi) is 5.32. The van der Waals surface area contributed by atoms with Crippen molar-refractivity contribution in [3.8, 4) is 5.75 Å². The normalized spacial score (nSPS) is 13.2. The van der Waals surface area contributed by atoms with E-state index in [2.05, 4.69) is 30.3 Å². The van der Waals surface area contributed by atoms with Crippen molar-refractivity contribution in [2.75, 3.05) is 17.3 Å². The summed E-state index contributed by atoms with van der Waals surface area (Å²) in [6.07, 6.45) is 6.59. The van der Waals surface area contributed by atoms with E-state index in [9.17, 15) is 4.79 Å². The second kappa shape index (κ2) is 8.43. The van der Waals surface area contributed by atoms with Crippen LogP contribution in [0, 0.1) is 0 Å². The van der Waals surface area contributed by atoms with Gasteiger partial charge >= 0.3 is 0 Å². The number of anilines is 2. The molecule has 32 heavy (non-hydrogen) atoms. The zero-order valence-electron chi connectivity index (χ0n) is 17.3. The highest BCUT2D eigenvalue weighted by Crippen LogP contribution is 2.36. The average Bonchev–Trinajstić information content (AvgIpc) is 3.56. The van der Waals surface area contributed by atoms with Crippen LogP contribution in [0.15, 0.2) is 55.1 Å². The van der Waals surface area contributed by atoms with Crippen LogP contribution in [-0.4, -0.2) is 43.6 Å². The fourth-order valence-corrected chi connectivity index (χ4v) is 3.74. The van der Waals surface area contributed by atoms with Crippen molar-refractivity contribution in [3.05, 3.63) is 71.5 Å². The molecule has 1 saturated carbocycles. The van der Waals surface area contributed by atoms with Crippen LogP contribution in [0.2, 0.25) is 5.15 Å². The van der Waals surface area contributed by atoms with E-state index in [4.69, 9.17) is 16.3 Å². The third-order valence-electron chi connectivity index (χ3n) is 5.28. The Morgan fingerprint density at radius 3 is 2.75 bits per heavy atom. The average molecular weight is 450 g/mol. The molecule has 0 radical (unpaired) electrons. The van der Waals surface area contributed by atoms with Gasteiger partial charge in [-0.05, 0) is 36.6 Å². The van der Waals surface area contributed by atoms with Crippen molar-refractivity contribution < 1.29 is 9.53 Å². The molecule has 3 heterocycles. The smallest absolute Gasteiger partial charge is 0.277 e. The van der Waals surface area contributed by atoms with Crippen LogP contribution in [-0.2, 0) is 6.54 Å². The van der Waals surface area contributed by atoms with Crippen LogP contribution in [0.3, 0.4) is 0 Å². The molecule has 9 nitrogen and oxygen atoms in total. The van der Waals surface area contributed by atoms with Gasteiger partial charge in [-0.2, -0.15) is 5.10 Å². The molecule has 1 aliphatic carbocycles. The van der Waals surface area contributed by atoms with Crippen molar-refractivity contribution in [1.29, 1.82) is 0 Å². The van der Waals surface area contributed by atoms with Crippen LogP contribution in [0.1, 0.15) is 28.9 Å². The van der Waals surface area contributed by atoms with Gasteiger partial charge in [-0.3, -0.25) is 4.79 Å². The van der Waals surface area contributed by atoms with Crippen LogP contribution in [0.25, 0.3) is 5.65 Å². The number of hydrogen-bond acceptors (Lipinski definition) is 7. The van der Waals surface area contributed by atoms with Gasteiger partial charge in [0.05, 0.1) is 19.0 Å². The number of aromatic nitrogens is 5. The fourth-order valence-electron chi connectivity index (χ4n) is 3.56. The number of halogens is 1. The molecule has 10 heteroatoms. The summed E-state index contributed by atoms with van der Waals surface area (Å²) in [4.78, 5) is 27.5. The SMILES string of the molecule is COc1ccc(CN(c2cc(Cl)nn3c(C(=O)Nc4ccncn4)cnc23)C2CC2)cc1. The Hall–Kier alpha value is -3.72. The lowest BCUT2D eigenvalue weighted by Crippen LogP contribution is -2.26. The number of benzene rings is 1. The van der Waals surface area contributed by atoms with E-state index in [1.807, 2.05) is 24.3 Å². The first-order valence-corrected chi connectivity index (χ1v) is 10.5. The summed E-state index contributed by atoms with van der Waals surface area (Å²) in [6.45, 7) is 0.681. The van der Waals surface area contributed by atoms with Gasteiger partial charge in [0.25, 0.3) is 5.91 Å². The van der Waals surface area contributed by atoms with Crippen molar-refractivity contribution in [1.82, 2.24) is 24.6 Å². The molecule has 0 atom stereocenters. The summed E-state index contributed by atoms with van der Waals surface area (Å²) in [5.74, 6) is 0.819. The molecule has 1 aromatic carbocycles. The predicted octanol–water partition coefficient (Wildman–Crippen LogP) is 3.60. The molecule has 0 aliphatic heterocycles. The number of methoxy groups -OCH3 is 1. The second-order valence-corrected chi connectivity index (χ2v) is 7.87. The van der Waals surface area contributed by atoms with E-state index in [0.29, 0.717) is 24.1 Å². The third kappa shape index (κ3) is 4.06. The topological polar surface area (TPSA) is 97.5 Å². The van der Waals surface area contributed by atoms with Gasteiger partial charge in [0, 0.05) is 24.8 Å². The van der Waals surface area contributed by atoms with E-state index in [1.54, 1.807) is 25.4 Å². The molecule has 0 unspecified atom stereocenters. The summed E-state index contributed by atoms with van der Waals surface area (Å²) in [5.41, 5.74) is 2.81. The maximum Gasteiger partial charge on any atom is 0.277 e. The number of carbonyl (C=O) groups is 1. The van der Waals surface area contributed by atoms with E-state index in [1.165, 1.54) is 17.0 Å². The summed E-state index contributed by atoms with van der Waals surface area (Å²) in [6, 6.07) is 11.8. The Morgan fingerprint density at radius 1 is 1.25 bits per heavy atom. The number of nitrogens with one attached hydrogen (secondary N) is 1. The zero-order valence-corrected chi connectivity index (χ0v) is 18.0. The Morgan fingerprint density at radius 2 is 2.06 bits per heavy atom. The maximum absolute atomic E-state index is 12.8. The van der Waals surface area contributed by atoms with Gasteiger partial charge in [0.15, 0.2) is 16.5 Å². The van der Waals surface area contributed by atoms with Gasteiger partial charge in [-0.15, -0.1) is 0 Å². The van der Waals surface area contributed by atoms with E-state index in [-0.39, 0.29) is 16.8 Å². The molecule has 0 bridgehead atoms. The van der Waals surface area contributed by atoms with E-state index in [0.717, 1.165) is 29.8 Å². The molecule has 1 fully saturated rings. The van der Waals surface area contributed by atoms with Gasteiger partial charge in [-0.25, -0.2) is 19.5 Å². The highest BCUT2D eigenvalue weighted by Gasteiger charge is 2.32. The van der Waals surface area contributed by atoms with Gasteiger partial charge in [0.1, 0.15) is 17.9 Å². The summed E-state index contributed by atoms with van der Waals surface area (Å²) >= 11 is 6.37. The molecule has 5 rings (SSSR count). The van der Waals surface area contributed by atoms with Crippen molar-refractivity contribution in [2.24, 2.45) is 0 Å². The molecule has 0 saturated heterocycles. The van der Waals surface area contributed by atoms with Crippen molar-refractivity contribution in [3.63, 3.8) is 0 Å². The number of carbonyl (C=O) groups excluding carboxylic acids is 1. The number of amides is 1. The quantitative estimate of drug-likeness (QED) is 0.460. The minimum atomic E-state index is -0.384. The largest absolute Gasteiger partial charge is 0.497 e. The van der Waals surface area contributed by atoms with Crippen molar-refractivity contribution >= 4 is 34.7 Å². The van der Waals surface area contributed by atoms with Gasteiger partial charge < -0.3 is 15.0 Å². The maximum atomic E-state index is 12.8. The van der Waals surface area contributed by atoms with Crippen LogP contribution in [0.4, 0.5) is 11.5 Å². The van der Waals surface area contributed by atoms with E-state index >= 15 is 0 Å². The molecule has 0 spiro atoms. The molecule has 1 amide bonds. The number of imidazole rings is 1. The Bertz CT molecular complexity index is 1260. The predicted molar refractivity (Wildman–Crippen MR) is 120 cm³/mol. The minimum absolute atomic E-state index is 0.266. The highest BCUT2D eigenvalue weighted by molar-refractivity contribution is 6.29. The number of rotatable bonds is 7.